The Bertz CT molecular complexity index is 560. The van der Waals surface area contributed by atoms with E-state index in [1.165, 1.54) is 5.56 Å². The molecule has 88 valence electrons. The van der Waals surface area contributed by atoms with Gasteiger partial charge in [-0.05, 0) is 31.9 Å². The zero-order valence-corrected chi connectivity index (χ0v) is 9.77. The first-order valence-electron chi connectivity index (χ1n) is 5.87. The second kappa shape index (κ2) is 3.80. The van der Waals surface area contributed by atoms with Crippen molar-refractivity contribution in [3.05, 3.63) is 35.5 Å². The SMILES string of the molecule is Cc1nn(-c2cccc(O)c2)c2c1CCCN2. The first-order chi connectivity index (χ1) is 8.25. The minimum atomic E-state index is 0.264. The summed E-state index contributed by atoms with van der Waals surface area (Å²) in [6.07, 6.45) is 2.23. The van der Waals surface area contributed by atoms with Gasteiger partial charge in [-0.15, -0.1) is 0 Å². The quantitative estimate of drug-likeness (QED) is 0.788. The topological polar surface area (TPSA) is 50.1 Å². The number of aryl methyl sites for hydroxylation is 1. The molecule has 0 unspecified atom stereocenters. The second-order valence-corrected chi connectivity index (χ2v) is 4.37. The van der Waals surface area contributed by atoms with Gasteiger partial charge >= 0.3 is 0 Å². The largest absolute Gasteiger partial charge is 0.508 e. The lowest BCUT2D eigenvalue weighted by atomic mass is 10.1. The van der Waals surface area contributed by atoms with Gasteiger partial charge in [-0.1, -0.05) is 6.07 Å². The zero-order chi connectivity index (χ0) is 11.8. The fraction of sp³-hybridized carbons (Fsp3) is 0.308. The van der Waals surface area contributed by atoms with Gasteiger partial charge in [0, 0.05) is 18.2 Å². The Labute approximate surface area is 99.9 Å². The third kappa shape index (κ3) is 1.65. The van der Waals surface area contributed by atoms with Gasteiger partial charge in [0.1, 0.15) is 11.6 Å². The summed E-state index contributed by atoms with van der Waals surface area (Å²) in [6.45, 7) is 3.02. The third-order valence-corrected chi connectivity index (χ3v) is 3.15. The van der Waals surface area contributed by atoms with Crippen molar-refractivity contribution in [2.24, 2.45) is 0 Å². The number of aromatic nitrogens is 2. The van der Waals surface area contributed by atoms with E-state index in [1.807, 2.05) is 23.7 Å². The molecule has 2 N–H and O–H groups in total. The molecule has 17 heavy (non-hydrogen) atoms. The molecule has 3 rings (SSSR count). The molecule has 0 radical (unpaired) electrons. The summed E-state index contributed by atoms with van der Waals surface area (Å²) in [5.74, 6) is 1.33. The highest BCUT2D eigenvalue weighted by atomic mass is 16.3. The zero-order valence-electron chi connectivity index (χ0n) is 9.77. The highest BCUT2D eigenvalue weighted by Crippen LogP contribution is 2.28. The maximum absolute atomic E-state index is 9.52. The van der Waals surface area contributed by atoms with Gasteiger partial charge < -0.3 is 10.4 Å². The van der Waals surface area contributed by atoms with E-state index >= 15 is 0 Å². The van der Waals surface area contributed by atoms with Crippen molar-refractivity contribution in [2.45, 2.75) is 19.8 Å². The number of nitrogens with one attached hydrogen (secondary N) is 1. The van der Waals surface area contributed by atoms with Crippen molar-refractivity contribution in [3.8, 4) is 11.4 Å². The first kappa shape index (κ1) is 10.2. The Kier molecular flexibility index (Phi) is 2.28. The molecule has 0 bridgehead atoms. The number of hydrogen-bond acceptors (Lipinski definition) is 3. The molecule has 0 atom stereocenters. The molecular weight excluding hydrogens is 214 g/mol. The molecule has 1 aliphatic heterocycles. The number of hydrogen-bond donors (Lipinski definition) is 2. The van der Waals surface area contributed by atoms with E-state index in [0.717, 1.165) is 36.6 Å². The first-order valence-corrected chi connectivity index (χ1v) is 5.87. The third-order valence-electron chi connectivity index (χ3n) is 3.15. The number of fused-ring (bicyclic) bond motifs is 1. The molecule has 0 aliphatic carbocycles. The van der Waals surface area contributed by atoms with Crippen LogP contribution in [0.2, 0.25) is 0 Å². The van der Waals surface area contributed by atoms with Gasteiger partial charge in [0.05, 0.1) is 11.4 Å². The molecule has 0 amide bonds. The maximum atomic E-state index is 9.52. The van der Waals surface area contributed by atoms with Crippen molar-refractivity contribution in [1.82, 2.24) is 9.78 Å². The van der Waals surface area contributed by atoms with Gasteiger partial charge in [-0.2, -0.15) is 5.10 Å². The van der Waals surface area contributed by atoms with Crippen molar-refractivity contribution < 1.29 is 5.11 Å². The van der Waals surface area contributed by atoms with E-state index < -0.39 is 0 Å². The van der Waals surface area contributed by atoms with Gasteiger partial charge in [-0.25, -0.2) is 4.68 Å². The van der Waals surface area contributed by atoms with Crippen LogP contribution in [0.3, 0.4) is 0 Å². The van der Waals surface area contributed by atoms with Crippen LogP contribution in [0.15, 0.2) is 24.3 Å². The molecule has 2 aromatic rings. The van der Waals surface area contributed by atoms with E-state index in [1.54, 1.807) is 12.1 Å². The number of phenolic OH excluding ortho intramolecular Hbond substituents is 1. The van der Waals surface area contributed by atoms with Crippen LogP contribution in [-0.2, 0) is 6.42 Å². The maximum Gasteiger partial charge on any atom is 0.133 e. The smallest absolute Gasteiger partial charge is 0.133 e. The number of aromatic hydroxyl groups is 1. The Balaban J connectivity index is 2.15. The highest BCUT2D eigenvalue weighted by molar-refractivity contribution is 5.55. The van der Waals surface area contributed by atoms with Gasteiger partial charge in [0.25, 0.3) is 0 Å². The molecule has 0 spiro atoms. The average Bonchev–Trinajstić information content (AvgIpc) is 2.68. The fourth-order valence-electron chi connectivity index (χ4n) is 2.32. The standard InChI is InChI=1S/C13H15N3O/c1-9-12-6-3-7-14-13(12)16(15-9)10-4-2-5-11(17)8-10/h2,4-5,8,14,17H,3,6-7H2,1H3. The molecular formula is C13H15N3O. The van der Waals surface area contributed by atoms with Crippen molar-refractivity contribution in [1.29, 1.82) is 0 Å². The van der Waals surface area contributed by atoms with Gasteiger partial charge in [-0.3, -0.25) is 0 Å². The number of phenols is 1. The Morgan fingerprint density at radius 1 is 1.41 bits per heavy atom. The van der Waals surface area contributed by atoms with Crippen molar-refractivity contribution >= 4 is 5.82 Å². The minimum Gasteiger partial charge on any atom is -0.508 e. The lowest BCUT2D eigenvalue weighted by Gasteiger charge is -2.16. The molecule has 2 heterocycles. The van der Waals surface area contributed by atoms with Crippen LogP contribution >= 0.6 is 0 Å². The molecule has 0 saturated carbocycles. The van der Waals surface area contributed by atoms with Crippen LogP contribution in [0, 0.1) is 6.92 Å². The predicted octanol–water partition coefficient (Wildman–Crippen LogP) is 2.24. The molecule has 4 heteroatoms. The normalized spacial score (nSPS) is 14.2. The fourth-order valence-corrected chi connectivity index (χ4v) is 2.32. The summed E-state index contributed by atoms with van der Waals surface area (Å²) in [7, 11) is 0. The minimum absolute atomic E-state index is 0.264. The van der Waals surface area contributed by atoms with E-state index in [4.69, 9.17) is 0 Å². The molecule has 4 nitrogen and oxygen atoms in total. The van der Waals surface area contributed by atoms with Gasteiger partial charge in [0.15, 0.2) is 0 Å². The molecule has 1 aromatic carbocycles. The summed E-state index contributed by atoms with van der Waals surface area (Å²) in [4.78, 5) is 0. The molecule has 1 aliphatic rings. The average molecular weight is 229 g/mol. The number of benzene rings is 1. The summed E-state index contributed by atoms with van der Waals surface area (Å²) >= 11 is 0. The van der Waals surface area contributed by atoms with Crippen LogP contribution < -0.4 is 5.32 Å². The summed E-state index contributed by atoms with van der Waals surface area (Å²) < 4.78 is 1.88. The van der Waals surface area contributed by atoms with Crippen LogP contribution in [0.5, 0.6) is 5.75 Å². The summed E-state index contributed by atoms with van der Waals surface area (Å²) in [5.41, 5.74) is 3.25. The Morgan fingerprint density at radius 2 is 2.29 bits per heavy atom. The van der Waals surface area contributed by atoms with Crippen LogP contribution in [-0.4, -0.2) is 21.4 Å². The number of rotatable bonds is 1. The predicted molar refractivity (Wildman–Crippen MR) is 66.8 cm³/mol. The van der Waals surface area contributed by atoms with Crippen LogP contribution in [0.4, 0.5) is 5.82 Å². The number of nitrogens with zero attached hydrogens (tertiary/aromatic N) is 2. The lowest BCUT2D eigenvalue weighted by Crippen LogP contribution is -2.14. The van der Waals surface area contributed by atoms with E-state index in [-0.39, 0.29) is 5.75 Å². The Morgan fingerprint density at radius 3 is 3.12 bits per heavy atom. The number of anilines is 1. The van der Waals surface area contributed by atoms with E-state index in [2.05, 4.69) is 10.4 Å². The Hall–Kier alpha value is -1.97. The monoisotopic (exact) mass is 229 g/mol. The molecule has 1 aromatic heterocycles. The van der Waals surface area contributed by atoms with Crippen LogP contribution in [0.25, 0.3) is 5.69 Å². The van der Waals surface area contributed by atoms with Crippen LogP contribution in [0.1, 0.15) is 17.7 Å². The van der Waals surface area contributed by atoms with Crippen molar-refractivity contribution in [2.75, 3.05) is 11.9 Å². The van der Waals surface area contributed by atoms with E-state index in [0.29, 0.717) is 0 Å². The summed E-state index contributed by atoms with van der Waals surface area (Å²) in [6, 6.07) is 7.17. The lowest BCUT2D eigenvalue weighted by molar-refractivity contribution is 0.475. The highest BCUT2D eigenvalue weighted by Gasteiger charge is 2.18. The van der Waals surface area contributed by atoms with Crippen molar-refractivity contribution in [3.63, 3.8) is 0 Å². The molecule has 0 saturated heterocycles. The van der Waals surface area contributed by atoms with E-state index in [9.17, 15) is 5.11 Å². The second-order valence-electron chi connectivity index (χ2n) is 4.37. The molecule has 0 fully saturated rings. The van der Waals surface area contributed by atoms with Gasteiger partial charge in [0.2, 0.25) is 0 Å². The summed E-state index contributed by atoms with van der Waals surface area (Å²) in [5, 5.41) is 17.5.